The van der Waals surface area contributed by atoms with Crippen molar-refractivity contribution in [1.29, 1.82) is 0 Å². The van der Waals surface area contributed by atoms with E-state index in [1.165, 1.54) is 26.3 Å². The van der Waals surface area contributed by atoms with Crippen LogP contribution in [0.2, 0.25) is 10.0 Å². The number of benzene rings is 1. The van der Waals surface area contributed by atoms with E-state index < -0.39 is 24.1 Å². The van der Waals surface area contributed by atoms with Gasteiger partial charge in [0.15, 0.2) is 0 Å². The third-order valence-corrected chi connectivity index (χ3v) is 5.12. The van der Waals surface area contributed by atoms with Gasteiger partial charge in [-0.15, -0.1) is 0 Å². The summed E-state index contributed by atoms with van der Waals surface area (Å²) in [6.07, 6.45) is 0. The zero-order valence-electron chi connectivity index (χ0n) is 14.5. The van der Waals surface area contributed by atoms with Crippen LogP contribution in [0.3, 0.4) is 0 Å². The summed E-state index contributed by atoms with van der Waals surface area (Å²) in [6.45, 7) is 7.53. The predicted molar refractivity (Wildman–Crippen MR) is 94.7 cm³/mol. The maximum atomic E-state index is 14.9. The van der Waals surface area contributed by atoms with E-state index >= 15 is 0 Å². The van der Waals surface area contributed by atoms with Crippen molar-refractivity contribution in [3.63, 3.8) is 0 Å². The molecule has 0 N–H and O–H groups in total. The lowest BCUT2D eigenvalue weighted by molar-refractivity contribution is 0.00578. The molecule has 0 atom stereocenters. The molecule has 24 heavy (non-hydrogen) atoms. The highest BCUT2D eigenvalue weighted by Crippen LogP contribution is 2.45. The second-order valence-corrected chi connectivity index (χ2v) is 7.18. The Kier molecular flexibility index (Phi) is 5.45. The lowest BCUT2D eigenvalue weighted by Crippen LogP contribution is -2.41. The third-order valence-electron chi connectivity index (χ3n) is 4.37. The zero-order valence-corrected chi connectivity index (χ0v) is 16.0. The first kappa shape index (κ1) is 19.4. The lowest BCUT2D eigenvalue weighted by atomic mass is 9.88. The highest BCUT2D eigenvalue weighted by molar-refractivity contribution is 6.53. The minimum absolute atomic E-state index is 0.0238. The SMILES string of the molecule is COc1cc(OC)c(Cl)c(C(F)=CB2OC(C)(C)C(C)(C)O2)c1Cl. The van der Waals surface area contributed by atoms with Crippen molar-refractivity contribution in [2.24, 2.45) is 0 Å². The Morgan fingerprint density at radius 2 is 1.46 bits per heavy atom. The van der Waals surface area contributed by atoms with Gasteiger partial charge in [-0.25, -0.2) is 4.39 Å². The van der Waals surface area contributed by atoms with E-state index in [0.29, 0.717) is 0 Å². The van der Waals surface area contributed by atoms with E-state index in [1.54, 1.807) is 0 Å². The minimum atomic E-state index is -0.862. The van der Waals surface area contributed by atoms with Gasteiger partial charge in [0.2, 0.25) is 0 Å². The maximum Gasteiger partial charge on any atom is 0.490 e. The molecule has 132 valence electrons. The van der Waals surface area contributed by atoms with Crippen molar-refractivity contribution in [2.75, 3.05) is 14.2 Å². The van der Waals surface area contributed by atoms with Gasteiger partial charge in [0.05, 0.1) is 41.0 Å². The van der Waals surface area contributed by atoms with Gasteiger partial charge in [0.1, 0.15) is 17.3 Å². The lowest BCUT2D eigenvalue weighted by Gasteiger charge is -2.32. The molecule has 2 rings (SSSR count). The van der Waals surface area contributed by atoms with Crippen molar-refractivity contribution in [2.45, 2.75) is 38.9 Å². The smallest absolute Gasteiger partial charge is 0.490 e. The van der Waals surface area contributed by atoms with Gasteiger partial charge in [-0.3, -0.25) is 0 Å². The Labute approximate surface area is 152 Å². The maximum absolute atomic E-state index is 14.9. The zero-order chi connectivity index (χ0) is 18.3. The summed E-state index contributed by atoms with van der Waals surface area (Å²) in [4.78, 5) is 0. The van der Waals surface area contributed by atoms with Crippen molar-refractivity contribution < 1.29 is 23.2 Å². The largest absolute Gasteiger partial charge is 0.495 e. The van der Waals surface area contributed by atoms with Crippen LogP contribution in [-0.2, 0) is 9.31 Å². The summed E-state index contributed by atoms with van der Waals surface area (Å²) in [5.74, 6) is 1.03. The Balaban J connectivity index is 2.45. The fraction of sp³-hybridized carbons (Fsp3) is 0.500. The summed E-state index contributed by atoms with van der Waals surface area (Å²) in [6, 6.07) is 1.50. The van der Waals surface area contributed by atoms with Gasteiger partial charge in [-0.2, -0.15) is 0 Å². The fourth-order valence-corrected chi connectivity index (χ4v) is 2.94. The molecule has 0 spiro atoms. The van der Waals surface area contributed by atoms with E-state index in [9.17, 15) is 4.39 Å². The Morgan fingerprint density at radius 3 is 1.83 bits per heavy atom. The molecule has 0 saturated carbocycles. The summed E-state index contributed by atoms with van der Waals surface area (Å²) >= 11 is 12.4. The van der Waals surface area contributed by atoms with Gasteiger partial charge in [-0.05, 0) is 33.7 Å². The first-order valence-electron chi connectivity index (χ1n) is 7.37. The normalized spacial score (nSPS) is 19.5. The number of hydrogen-bond acceptors (Lipinski definition) is 4. The van der Waals surface area contributed by atoms with Gasteiger partial charge >= 0.3 is 7.12 Å². The van der Waals surface area contributed by atoms with Gasteiger partial charge < -0.3 is 18.8 Å². The highest BCUT2D eigenvalue weighted by Gasteiger charge is 2.50. The van der Waals surface area contributed by atoms with Crippen LogP contribution < -0.4 is 9.47 Å². The number of halogens is 3. The molecule has 0 aromatic heterocycles. The van der Waals surface area contributed by atoms with Crippen LogP contribution in [0, 0.1) is 0 Å². The van der Waals surface area contributed by atoms with Gasteiger partial charge in [-0.1, -0.05) is 23.2 Å². The molecule has 1 aromatic rings. The molecule has 0 bridgehead atoms. The van der Waals surface area contributed by atoms with Crippen LogP contribution in [0.4, 0.5) is 4.39 Å². The van der Waals surface area contributed by atoms with Crippen molar-refractivity contribution in [1.82, 2.24) is 0 Å². The molecule has 0 amide bonds. The Morgan fingerprint density at radius 1 is 1.04 bits per heavy atom. The fourth-order valence-electron chi connectivity index (χ4n) is 2.25. The second-order valence-electron chi connectivity index (χ2n) is 6.42. The van der Waals surface area contributed by atoms with E-state index in [4.69, 9.17) is 42.0 Å². The molecule has 0 aliphatic carbocycles. The molecule has 8 heteroatoms. The van der Waals surface area contributed by atoms with Gasteiger partial charge in [0, 0.05) is 6.07 Å². The molecule has 1 fully saturated rings. The monoisotopic (exact) mass is 376 g/mol. The van der Waals surface area contributed by atoms with E-state index in [-0.39, 0.29) is 27.1 Å². The minimum Gasteiger partial charge on any atom is -0.495 e. The van der Waals surface area contributed by atoms with Crippen LogP contribution in [0.25, 0.3) is 5.83 Å². The van der Waals surface area contributed by atoms with Crippen LogP contribution in [0.1, 0.15) is 33.3 Å². The average molecular weight is 377 g/mol. The molecule has 1 aliphatic rings. The molecule has 0 radical (unpaired) electrons. The van der Waals surface area contributed by atoms with Crippen molar-refractivity contribution >= 4 is 36.1 Å². The number of methoxy groups -OCH3 is 2. The summed E-state index contributed by atoms with van der Waals surface area (Å²) < 4.78 is 36.7. The number of ether oxygens (including phenoxy) is 2. The molecule has 0 unspecified atom stereocenters. The molecule has 1 saturated heterocycles. The summed E-state index contributed by atoms with van der Waals surface area (Å²) in [5.41, 5.74) is -1.17. The first-order chi connectivity index (χ1) is 11.0. The Hall–Kier alpha value is -0.945. The quantitative estimate of drug-likeness (QED) is 0.696. The standard InChI is InChI=1S/C16H20BCl2FO4/c1-15(2)16(3,4)24-17(23-15)8-9(20)12-13(18)10(21-5)7-11(22-6)14(12)19/h7-8H,1-6H3. The molecule has 1 aromatic carbocycles. The van der Waals surface area contributed by atoms with Gasteiger partial charge in [0.25, 0.3) is 0 Å². The van der Waals surface area contributed by atoms with Crippen LogP contribution >= 0.6 is 23.2 Å². The topological polar surface area (TPSA) is 36.9 Å². The molecule has 1 heterocycles. The van der Waals surface area contributed by atoms with Crippen LogP contribution in [-0.4, -0.2) is 32.5 Å². The van der Waals surface area contributed by atoms with E-state index in [2.05, 4.69) is 0 Å². The molecular weight excluding hydrogens is 357 g/mol. The summed E-state index contributed by atoms with van der Waals surface area (Å²) in [7, 11) is 1.99. The van der Waals surface area contributed by atoms with E-state index in [0.717, 1.165) is 0 Å². The molecule has 1 aliphatic heterocycles. The van der Waals surface area contributed by atoms with Crippen LogP contribution in [0.15, 0.2) is 12.0 Å². The third kappa shape index (κ3) is 3.38. The summed E-state index contributed by atoms with van der Waals surface area (Å²) in [5, 5.41) is 0.0992. The van der Waals surface area contributed by atoms with Crippen molar-refractivity contribution in [3.05, 3.63) is 27.7 Å². The molecule has 4 nitrogen and oxygen atoms in total. The number of hydrogen-bond donors (Lipinski definition) is 0. The molecular formula is C16H20BCl2FO4. The Bertz CT molecular complexity index is 632. The number of rotatable bonds is 4. The van der Waals surface area contributed by atoms with Crippen LogP contribution in [0.5, 0.6) is 11.5 Å². The average Bonchev–Trinajstić information content (AvgIpc) is 2.66. The van der Waals surface area contributed by atoms with Crippen molar-refractivity contribution in [3.8, 4) is 11.5 Å². The van der Waals surface area contributed by atoms with E-state index in [1.807, 2.05) is 27.7 Å². The predicted octanol–water partition coefficient (Wildman–Crippen LogP) is 4.95. The first-order valence-corrected chi connectivity index (χ1v) is 8.13. The highest BCUT2D eigenvalue weighted by atomic mass is 35.5. The second kappa shape index (κ2) is 6.75.